The third-order valence-corrected chi connectivity index (χ3v) is 7.18. The highest BCUT2D eigenvalue weighted by Crippen LogP contribution is 2.21. The summed E-state index contributed by atoms with van der Waals surface area (Å²) in [4.78, 5) is 14.6. The Labute approximate surface area is 164 Å². The van der Waals surface area contributed by atoms with Crippen LogP contribution < -0.4 is 0 Å². The summed E-state index contributed by atoms with van der Waals surface area (Å²) in [5, 5.41) is 0. The predicted octanol–water partition coefficient (Wildman–Crippen LogP) is 3.83. The molecule has 1 aliphatic heterocycles. The van der Waals surface area contributed by atoms with Gasteiger partial charge in [0, 0.05) is 32.6 Å². The van der Waals surface area contributed by atoms with Crippen molar-refractivity contribution in [2.75, 3.05) is 26.2 Å². The highest BCUT2D eigenvalue weighted by molar-refractivity contribution is 7.89. The molecule has 1 fully saturated rings. The zero-order chi connectivity index (χ0) is 19.7. The van der Waals surface area contributed by atoms with Crippen molar-refractivity contribution in [1.82, 2.24) is 9.21 Å². The lowest BCUT2D eigenvalue weighted by Gasteiger charge is -2.21. The number of amides is 1. The lowest BCUT2D eigenvalue weighted by Crippen LogP contribution is -2.32. The van der Waals surface area contributed by atoms with Crippen molar-refractivity contribution >= 4 is 15.9 Å². The van der Waals surface area contributed by atoms with Crippen molar-refractivity contribution in [3.63, 3.8) is 0 Å². The minimum absolute atomic E-state index is 0.173. The number of hydrogen-bond donors (Lipinski definition) is 0. The average Bonchev–Trinajstić information content (AvgIpc) is 2.97. The van der Waals surface area contributed by atoms with E-state index >= 15 is 0 Å². The Kier molecular flexibility index (Phi) is 8.77. The molecule has 0 bridgehead atoms. The van der Waals surface area contributed by atoms with Crippen LogP contribution in [0.5, 0.6) is 0 Å². The first kappa shape index (κ1) is 21.9. The van der Waals surface area contributed by atoms with E-state index in [4.69, 9.17) is 0 Å². The molecule has 0 unspecified atom stereocenters. The molecule has 1 heterocycles. The summed E-state index contributed by atoms with van der Waals surface area (Å²) in [6.07, 6.45) is 7.30. The maximum absolute atomic E-state index is 12.8. The number of aryl methyl sites for hydroxylation is 1. The number of nitrogens with zero attached hydrogens (tertiary/aromatic N) is 2. The van der Waals surface area contributed by atoms with Gasteiger partial charge in [0.15, 0.2) is 0 Å². The van der Waals surface area contributed by atoms with Crippen molar-refractivity contribution < 1.29 is 13.2 Å². The maximum Gasteiger partial charge on any atom is 0.243 e. The molecule has 1 aromatic carbocycles. The van der Waals surface area contributed by atoms with E-state index in [0.29, 0.717) is 30.8 Å². The van der Waals surface area contributed by atoms with Crippen LogP contribution in [0.2, 0.25) is 0 Å². The topological polar surface area (TPSA) is 57.7 Å². The molecule has 5 nitrogen and oxygen atoms in total. The molecule has 1 aromatic rings. The lowest BCUT2D eigenvalue weighted by atomic mass is 10.1. The fraction of sp³-hybridized carbons (Fsp3) is 0.667. The first-order valence-electron chi connectivity index (χ1n) is 10.4. The van der Waals surface area contributed by atoms with E-state index in [1.54, 1.807) is 16.4 Å². The number of rotatable bonds is 9. The Bertz CT molecular complexity index is 678. The highest BCUT2D eigenvalue weighted by atomic mass is 32.2. The molecule has 0 spiro atoms. The molecular weight excluding hydrogens is 360 g/mol. The molecule has 1 amide bonds. The molecule has 0 saturated carbocycles. The molecule has 1 aliphatic rings. The van der Waals surface area contributed by atoms with E-state index in [9.17, 15) is 13.2 Å². The smallest absolute Gasteiger partial charge is 0.243 e. The minimum atomic E-state index is -3.40. The number of unbranched alkanes of at least 4 members (excludes halogenated alkanes) is 1. The Balaban J connectivity index is 1.95. The van der Waals surface area contributed by atoms with E-state index in [2.05, 4.69) is 6.92 Å². The summed E-state index contributed by atoms with van der Waals surface area (Å²) in [5.41, 5.74) is 1.00. The minimum Gasteiger partial charge on any atom is -0.343 e. The number of carbonyl (C=O) groups excluding carboxylic acids is 1. The van der Waals surface area contributed by atoms with Gasteiger partial charge in [-0.1, -0.05) is 38.3 Å². The quantitative estimate of drug-likeness (QED) is 0.639. The van der Waals surface area contributed by atoms with E-state index in [-0.39, 0.29) is 5.91 Å². The van der Waals surface area contributed by atoms with Crippen LogP contribution in [0.15, 0.2) is 29.2 Å². The zero-order valence-electron chi connectivity index (χ0n) is 16.8. The van der Waals surface area contributed by atoms with Crippen molar-refractivity contribution in [3.05, 3.63) is 29.8 Å². The Morgan fingerprint density at radius 3 is 2.22 bits per heavy atom. The maximum atomic E-state index is 12.8. The van der Waals surface area contributed by atoms with Gasteiger partial charge in [-0.3, -0.25) is 4.79 Å². The highest BCUT2D eigenvalue weighted by Gasteiger charge is 2.24. The van der Waals surface area contributed by atoms with E-state index < -0.39 is 10.0 Å². The summed E-state index contributed by atoms with van der Waals surface area (Å²) in [7, 11) is -3.40. The summed E-state index contributed by atoms with van der Waals surface area (Å²) in [6, 6.07) is 7.07. The molecule has 6 heteroatoms. The SMILES string of the molecule is CCCCN(CC)C(=O)CCc1ccc(S(=O)(=O)N2CCCCCC2)cc1. The molecule has 0 aromatic heterocycles. The van der Waals surface area contributed by atoms with Gasteiger partial charge in [-0.15, -0.1) is 0 Å². The van der Waals surface area contributed by atoms with Gasteiger partial charge >= 0.3 is 0 Å². The average molecular weight is 395 g/mol. The molecule has 0 radical (unpaired) electrons. The van der Waals surface area contributed by atoms with Crippen LogP contribution in [0, 0.1) is 0 Å². The van der Waals surface area contributed by atoms with Crippen molar-refractivity contribution in [2.45, 2.75) is 70.1 Å². The normalized spacial score (nSPS) is 16.1. The third kappa shape index (κ3) is 6.32. The van der Waals surface area contributed by atoms with Crippen molar-refractivity contribution in [1.29, 1.82) is 0 Å². The molecule has 1 saturated heterocycles. The Hall–Kier alpha value is -1.40. The second-order valence-corrected chi connectivity index (χ2v) is 9.23. The molecule has 27 heavy (non-hydrogen) atoms. The number of hydrogen-bond acceptors (Lipinski definition) is 3. The van der Waals surface area contributed by atoms with E-state index in [1.807, 2.05) is 24.0 Å². The van der Waals surface area contributed by atoms with E-state index in [1.165, 1.54) is 0 Å². The van der Waals surface area contributed by atoms with Crippen LogP contribution in [0.4, 0.5) is 0 Å². The van der Waals surface area contributed by atoms with Crippen LogP contribution >= 0.6 is 0 Å². The summed E-state index contributed by atoms with van der Waals surface area (Å²) in [6.45, 7) is 6.92. The number of benzene rings is 1. The van der Waals surface area contributed by atoms with Gasteiger partial charge in [-0.2, -0.15) is 4.31 Å². The summed E-state index contributed by atoms with van der Waals surface area (Å²) in [5.74, 6) is 0.173. The van der Waals surface area contributed by atoms with Crippen molar-refractivity contribution in [2.24, 2.45) is 0 Å². The first-order valence-corrected chi connectivity index (χ1v) is 11.8. The summed E-state index contributed by atoms with van der Waals surface area (Å²) >= 11 is 0. The second-order valence-electron chi connectivity index (χ2n) is 7.29. The molecule has 2 rings (SSSR count). The van der Waals surface area contributed by atoms with Gasteiger partial charge in [0.2, 0.25) is 15.9 Å². The fourth-order valence-electron chi connectivity index (χ4n) is 3.48. The third-order valence-electron chi connectivity index (χ3n) is 5.27. The molecule has 0 atom stereocenters. The van der Waals surface area contributed by atoms with Crippen molar-refractivity contribution in [3.8, 4) is 0 Å². The molecular formula is C21H34N2O3S. The predicted molar refractivity (Wildman–Crippen MR) is 109 cm³/mol. The van der Waals surface area contributed by atoms with Crippen LogP contribution in [0.25, 0.3) is 0 Å². The lowest BCUT2D eigenvalue weighted by molar-refractivity contribution is -0.131. The molecule has 0 N–H and O–H groups in total. The van der Waals surface area contributed by atoms with Gasteiger partial charge in [-0.25, -0.2) is 8.42 Å². The van der Waals surface area contributed by atoms with Crippen LogP contribution in [0.1, 0.15) is 64.4 Å². The molecule has 152 valence electrons. The van der Waals surface area contributed by atoms with Gasteiger partial charge < -0.3 is 4.90 Å². The zero-order valence-corrected chi connectivity index (χ0v) is 17.6. The first-order chi connectivity index (χ1) is 13.0. The second kappa shape index (κ2) is 10.8. The van der Waals surface area contributed by atoms with Crippen LogP contribution in [0.3, 0.4) is 0 Å². The summed E-state index contributed by atoms with van der Waals surface area (Å²) < 4.78 is 27.2. The van der Waals surface area contributed by atoms with Crippen LogP contribution in [-0.2, 0) is 21.2 Å². The standard InChI is InChI=1S/C21H34N2O3S/c1-3-5-16-22(4-2)21(24)15-12-19-10-13-20(14-11-19)27(25,26)23-17-8-6-7-9-18-23/h10-11,13-14H,3-9,12,15-18H2,1-2H3. The number of carbonyl (C=O) groups is 1. The van der Waals surface area contributed by atoms with Crippen LogP contribution in [-0.4, -0.2) is 49.7 Å². The van der Waals surface area contributed by atoms with Gasteiger partial charge in [0.1, 0.15) is 0 Å². The Morgan fingerprint density at radius 1 is 1.04 bits per heavy atom. The van der Waals surface area contributed by atoms with Gasteiger partial charge in [0.25, 0.3) is 0 Å². The van der Waals surface area contributed by atoms with E-state index in [0.717, 1.165) is 57.2 Å². The molecule has 0 aliphatic carbocycles. The Morgan fingerprint density at radius 2 is 1.67 bits per heavy atom. The largest absolute Gasteiger partial charge is 0.343 e. The number of sulfonamides is 1. The van der Waals surface area contributed by atoms with Gasteiger partial charge in [-0.05, 0) is 50.3 Å². The fourth-order valence-corrected chi connectivity index (χ4v) is 4.99. The monoisotopic (exact) mass is 394 g/mol. The van der Waals surface area contributed by atoms with Gasteiger partial charge in [0.05, 0.1) is 4.90 Å².